The van der Waals surface area contributed by atoms with Crippen LogP contribution in [0.5, 0.6) is 0 Å². The molecule has 10 heteroatoms. The van der Waals surface area contributed by atoms with Crippen LogP contribution in [-0.2, 0) is 32.7 Å². The molecule has 0 saturated heterocycles. The molecule has 0 amide bonds. The molecule has 0 bridgehead atoms. The molecule has 90 heavy (non-hydrogen) atoms. The molecular formula is C80H144NO8P. The lowest BCUT2D eigenvalue weighted by Gasteiger charge is -2.28. The fraction of sp³-hybridized carbons (Fsp3) is 0.775. The fourth-order valence-electron chi connectivity index (χ4n) is 10.9. The second kappa shape index (κ2) is 70.3. The first-order chi connectivity index (χ1) is 44.0. The number of quaternary nitrogens is 1. The maximum atomic E-state index is 12.9. The Morgan fingerprint density at radius 2 is 0.633 bits per heavy atom. The Balaban J connectivity index is 4.02. The van der Waals surface area contributed by atoms with E-state index in [0.717, 1.165) is 109 Å². The molecule has 0 aromatic carbocycles. The summed E-state index contributed by atoms with van der Waals surface area (Å²) in [5, 5.41) is 0. The first-order valence-electron chi connectivity index (χ1n) is 37.9. The summed E-state index contributed by atoms with van der Waals surface area (Å²) < 4.78 is 34.3. The summed E-state index contributed by atoms with van der Waals surface area (Å²) in [6.45, 7) is 4.15. The van der Waals surface area contributed by atoms with Crippen LogP contribution in [0.15, 0.2) is 97.2 Å². The highest BCUT2D eigenvalue weighted by Gasteiger charge is 2.22. The number of hydrogen-bond acceptors (Lipinski definition) is 8. The summed E-state index contributed by atoms with van der Waals surface area (Å²) >= 11 is 0. The van der Waals surface area contributed by atoms with Crippen molar-refractivity contribution in [3.8, 4) is 0 Å². The van der Waals surface area contributed by atoms with Gasteiger partial charge in [-0.3, -0.25) is 14.2 Å². The third-order valence-electron chi connectivity index (χ3n) is 16.6. The van der Waals surface area contributed by atoms with E-state index >= 15 is 0 Å². The Morgan fingerprint density at radius 1 is 0.356 bits per heavy atom. The topological polar surface area (TPSA) is 111 Å². The van der Waals surface area contributed by atoms with Crippen molar-refractivity contribution in [1.29, 1.82) is 0 Å². The van der Waals surface area contributed by atoms with Gasteiger partial charge in [0.05, 0.1) is 27.7 Å². The first-order valence-corrected chi connectivity index (χ1v) is 39.4. The second-order valence-electron chi connectivity index (χ2n) is 26.6. The van der Waals surface area contributed by atoms with E-state index in [4.69, 9.17) is 18.5 Å². The number of ether oxygens (including phenoxy) is 2. The molecule has 0 aromatic rings. The molecule has 0 N–H and O–H groups in total. The van der Waals surface area contributed by atoms with Gasteiger partial charge in [0.1, 0.15) is 19.8 Å². The molecule has 0 aliphatic heterocycles. The van der Waals surface area contributed by atoms with Crippen LogP contribution < -0.4 is 4.89 Å². The zero-order valence-corrected chi connectivity index (χ0v) is 60.5. The van der Waals surface area contributed by atoms with Crippen molar-refractivity contribution in [3.63, 3.8) is 0 Å². The van der Waals surface area contributed by atoms with E-state index in [1.54, 1.807) is 0 Å². The summed E-state index contributed by atoms with van der Waals surface area (Å²) in [5.74, 6) is -0.842. The van der Waals surface area contributed by atoms with Crippen LogP contribution in [0.3, 0.4) is 0 Å². The van der Waals surface area contributed by atoms with Gasteiger partial charge in [-0.2, -0.15) is 0 Å². The lowest BCUT2D eigenvalue weighted by atomic mass is 10.0. The number of phosphoric acid groups is 1. The van der Waals surface area contributed by atoms with Crippen LogP contribution in [0.1, 0.15) is 348 Å². The number of allylic oxidation sites excluding steroid dienone is 16. The maximum absolute atomic E-state index is 12.9. The third-order valence-corrected chi connectivity index (χ3v) is 17.6. The lowest BCUT2D eigenvalue weighted by molar-refractivity contribution is -0.870. The molecule has 0 aromatic heterocycles. The number of rotatable bonds is 70. The Labute approximate surface area is 557 Å². The van der Waals surface area contributed by atoms with Crippen LogP contribution in [0.25, 0.3) is 0 Å². The second-order valence-corrected chi connectivity index (χ2v) is 28.1. The monoisotopic (exact) mass is 1280 g/mol. The molecule has 0 aliphatic rings. The quantitative estimate of drug-likeness (QED) is 0.0195. The Kier molecular flexibility index (Phi) is 67.9. The average Bonchev–Trinajstić information content (AvgIpc) is 3.58. The van der Waals surface area contributed by atoms with Crippen molar-refractivity contribution in [2.75, 3.05) is 47.5 Å². The van der Waals surface area contributed by atoms with Gasteiger partial charge in [0.25, 0.3) is 7.82 Å². The largest absolute Gasteiger partial charge is 0.756 e. The molecule has 9 nitrogen and oxygen atoms in total. The van der Waals surface area contributed by atoms with E-state index in [1.807, 2.05) is 21.1 Å². The third kappa shape index (κ3) is 74.0. The molecular weight excluding hydrogens is 1130 g/mol. The normalized spacial score (nSPS) is 13.6. The molecule has 2 unspecified atom stereocenters. The van der Waals surface area contributed by atoms with Crippen molar-refractivity contribution >= 4 is 19.8 Å². The van der Waals surface area contributed by atoms with Crippen molar-refractivity contribution in [3.05, 3.63) is 97.2 Å². The summed E-state index contributed by atoms with van der Waals surface area (Å²) in [4.78, 5) is 38.1. The van der Waals surface area contributed by atoms with Gasteiger partial charge in [-0.05, 0) is 77.0 Å². The average molecular weight is 1280 g/mol. The SMILES string of the molecule is CC/C=C\C/C=C\C/C=C\C/C=C\C/C=C\C/C=C\C/C=C\C/C=C\CCCCCCCCC(=O)OC(COC(=O)CCCCCCCCCCCCCCCCCCCCCCCCCCCCCCCCCCCCC)COP(=O)([O-])OCC[N+](C)(C)C. The zero-order chi connectivity index (χ0) is 65.5. The number of likely N-dealkylation sites (N-methyl/N-ethyl adjacent to an activating group) is 1. The highest BCUT2D eigenvalue weighted by molar-refractivity contribution is 7.45. The summed E-state index contributed by atoms with van der Waals surface area (Å²) in [7, 11) is 1.16. The number of phosphoric ester groups is 1. The van der Waals surface area contributed by atoms with Crippen molar-refractivity contribution < 1.29 is 42.1 Å². The Hall–Kier alpha value is -3.07. The zero-order valence-electron chi connectivity index (χ0n) is 59.6. The molecule has 2 atom stereocenters. The smallest absolute Gasteiger partial charge is 0.306 e. The first kappa shape index (κ1) is 86.9. The molecule has 0 fully saturated rings. The van der Waals surface area contributed by atoms with Gasteiger partial charge in [0.2, 0.25) is 0 Å². The van der Waals surface area contributed by atoms with Gasteiger partial charge >= 0.3 is 11.9 Å². The molecule has 0 spiro atoms. The number of nitrogens with zero attached hydrogens (tertiary/aromatic N) is 1. The van der Waals surface area contributed by atoms with Crippen molar-refractivity contribution in [2.45, 2.75) is 354 Å². The van der Waals surface area contributed by atoms with E-state index in [2.05, 4.69) is 111 Å². The highest BCUT2D eigenvalue weighted by Crippen LogP contribution is 2.38. The van der Waals surface area contributed by atoms with E-state index in [0.29, 0.717) is 17.4 Å². The van der Waals surface area contributed by atoms with Gasteiger partial charge in [0, 0.05) is 12.8 Å². The molecule has 0 rings (SSSR count). The molecule has 0 radical (unpaired) electrons. The number of esters is 2. The molecule has 0 saturated carbocycles. The van der Waals surface area contributed by atoms with Crippen LogP contribution in [0, 0.1) is 0 Å². The Morgan fingerprint density at radius 3 is 0.944 bits per heavy atom. The minimum Gasteiger partial charge on any atom is -0.756 e. The fourth-order valence-corrected chi connectivity index (χ4v) is 11.6. The number of hydrogen-bond donors (Lipinski definition) is 0. The molecule has 522 valence electrons. The van der Waals surface area contributed by atoms with Crippen LogP contribution >= 0.6 is 7.82 Å². The number of carbonyl (C=O) groups is 2. The standard InChI is InChI=1S/C80H144NO8P/c1-6-8-10-12-14-16-18-20-22-24-26-28-30-32-34-36-38-39-40-41-43-44-46-48-50-52-54-56-58-60-62-64-66-68-70-72-79(82)86-76-78(77-88-90(84,85)87-75-74-81(3,4)5)89-80(83)73-71-69-67-65-63-61-59-57-55-53-51-49-47-45-42-37-35-33-31-29-27-25-23-21-19-17-15-13-11-9-7-2/h9,11,15,17,21,23,27,29,33,35,42,45,49,51,55,57,78H,6-8,10,12-14,16,18-20,22,24-26,28,30-32,34,36-41,43-44,46-48,50,52-54,56,58-77H2,1-5H3/b11-9-,17-15-,23-21-,29-27-,35-33-,45-42-,51-49-,57-55-. The highest BCUT2D eigenvalue weighted by atomic mass is 31.2. The van der Waals surface area contributed by atoms with Crippen LogP contribution in [0.2, 0.25) is 0 Å². The van der Waals surface area contributed by atoms with Gasteiger partial charge in [-0.15, -0.1) is 0 Å². The molecule has 0 heterocycles. The molecule has 0 aliphatic carbocycles. The van der Waals surface area contributed by atoms with E-state index in [9.17, 15) is 19.0 Å². The predicted molar refractivity (Wildman–Crippen MR) is 388 cm³/mol. The number of carbonyl (C=O) groups excluding carboxylic acids is 2. The predicted octanol–water partition coefficient (Wildman–Crippen LogP) is 24.4. The minimum atomic E-state index is -4.65. The Bertz CT molecular complexity index is 1840. The van der Waals surface area contributed by atoms with Gasteiger partial charge in [-0.1, -0.05) is 355 Å². The van der Waals surface area contributed by atoms with Crippen molar-refractivity contribution in [2.24, 2.45) is 0 Å². The number of unbranched alkanes of at least 4 members (excludes halogenated alkanes) is 40. The van der Waals surface area contributed by atoms with Crippen molar-refractivity contribution in [1.82, 2.24) is 0 Å². The van der Waals surface area contributed by atoms with E-state index in [1.165, 1.54) is 205 Å². The lowest BCUT2D eigenvalue weighted by Crippen LogP contribution is -2.37. The van der Waals surface area contributed by atoms with Gasteiger partial charge < -0.3 is 27.9 Å². The summed E-state index contributed by atoms with van der Waals surface area (Å²) in [6.07, 6.45) is 98.0. The van der Waals surface area contributed by atoms with E-state index < -0.39 is 26.5 Å². The minimum absolute atomic E-state index is 0.0371. The summed E-state index contributed by atoms with van der Waals surface area (Å²) in [6, 6.07) is 0. The van der Waals surface area contributed by atoms with E-state index in [-0.39, 0.29) is 32.0 Å². The van der Waals surface area contributed by atoms with Crippen LogP contribution in [0.4, 0.5) is 0 Å². The van der Waals surface area contributed by atoms with Gasteiger partial charge in [-0.25, -0.2) is 0 Å². The van der Waals surface area contributed by atoms with Crippen LogP contribution in [-0.4, -0.2) is 70.0 Å². The summed E-state index contributed by atoms with van der Waals surface area (Å²) in [5.41, 5.74) is 0. The maximum Gasteiger partial charge on any atom is 0.306 e. The van der Waals surface area contributed by atoms with Gasteiger partial charge in [0.15, 0.2) is 6.10 Å².